The molecule has 1 fully saturated rings. The van der Waals surface area contributed by atoms with E-state index in [9.17, 15) is 13.2 Å². The van der Waals surface area contributed by atoms with Gasteiger partial charge in [-0.2, -0.15) is 4.31 Å². The number of carbonyl (C=O) groups excluding carboxylic acids is 1. The van der Waals surface area contributed by atoms with Gasteiger partial charge in [0.25, 0.3) is 0 Å². The summed E-state index contributed by atoms with van der Waals surface area (Å²) in [4.78, 5) is 12.8. The topological polar surface area (TPSA) is 92.3 Å². The molecule has 0 atom stereocenters. The third kappa shape index (κ3) is 4.99. The van der Waals surface area contributed by atoms with Crippen LogP contribution < -0.4 is 5.32 Å². The first-order chi connectivity index (χ1) is 13.4. The van der Waals surface area contributed by atoms with E-state index in [2.05, 4.69) is 22.1 Å². The quantitative estimate of drug-likeness (QED) is 0.406. The van der Waals surface area contributed by atoms with Crippen LogP contribution in [0.3, 0.4) is 0 Å². The zero-order valence-electron chi connectivity index (χ0n) is 15.5. The Hall–Kier alpha value is -1.75. The van der Waals surface area contributed by atoms with Crippen molar-refractivity contribution >= 4 is 44.2 Å². The molecule has 2 heterocycles. The first kappa shape index (κ1) is 21.0. The Labute approximate surface area is 173 Å². The molecule has 0 spiro atoms. The number of rotatable bonds is 7. The van der Waals surface area contributed by atoms with Gasteiger partial charge in [0.1, 0.15) is 0 Å². The van der Waals surface area contributed by atoms with E-state index in [-0.39, 0.29) is 11.8 Å². The number of anilines is 1. The van der Waals surface area contributed by atoms with Crippen molar-refractivity contribution in [1.29, 1.82) is 0 Å². The van der Waals surface area contributed by atoms with Crippen molar-refractivity contribution in [3.05, 3.63) is 42.5 Å². The second-order valence-electron chi connectivity index (χ2n) is 6.45. The largest absolute Gasteiger partial charge is 0.300 e. The van der Waals surface area contributed by atoms with Crippen LogP contribution in [-0.2, 0) is 14.8 Å². The Morgan fingerprint density at radius 2 is 2.00 bits per heavy atom. The van der Waals surface area contributed by atoms with E-state index in [4.69, 9.17) is 0 Å². The normalized spacial score (nSPS) is 16.0. The first-order valence-corrected chi connectivity index (χ1v) is 12.1. The van der Waals surface area contributed by atoms with Crippen molar-refractivity contribution in [3.63, 3.8) is 0 Å². The molecule has 1 amide bonds. The molecule has 0 saturated carbocycles. The highest BCUT2D eigenvalue weighted by atomic mass is 32.2. The van der Waals surface area contributed by atoms with Gasteiger partial charge < -0.3 is 5.32 Å². The lowest BCUT2D eigenvalue weighted by atomic mass is 9.97. The van der Waals surface area contributed by atoms with E-state index in [0.717, 1.165) is 15.7 Å². The maximum absolute atomic E-state index is 12.8. The van der Waals surface area contributed by atoms with E-state index in [1.54, 1.807) is 30.3 Å². The Balaban J connectivity index is 1.55. The lowest BCUT2D eigenvalue weighted by Gasteiger charge is -2.30. The number of thioether (sulfide) groups is 1. The molecule has 1 aromatic carbocycles. The fraction of sp³-hybridized carbons (Fsp3) is 0.389. The molecule has 0 radical (unpaired) electrons. The number of piperidine rings is 1. The van der Waals surface area contributed by atoms with Crippen LogP contribution in [0.25, 0.3) is 0 Å². The van der Waals surface area contributed by atoms with Crippen LogP contribution >= 0.6 is 23.1 Å². The van der Waals surface area contributed by atoms with Crippen LogP contribution in [0.5, 0.6) is 0 Å². The zero-order chi connectivity index (χ0) is 20.1. The number of carbonyl (C=O) groups is 1. The standard InChI is InChI=1S/C18H22N4O3S3/c1-3-12-26-18-21-20-17(27-18)19-16(23)14-8-10-22(11-9-14)28(24,25)15-6-4-13(2)5-7-15/h3-7,14H,1,8-12H2,2H3,(H,19,20,23). The molecule has 2 aromatic rings. The van der Waals surface area contributed by atoms with E-state index >= 15 is 0 Å². The third-order valence-electron chi connectivity index (χ3n) is 4.44. The molecule has 1 aliphatic heterocycles. The summed E-state index contributed by atoms with van der Waals surface area (Å²) < 4.78 is 27.7. The monoisotopic (exact) mass is 438 g/mol. The van der Waals surface area contributed by atoms with Crippen LogP contribution in [0.1, 0.15) is 18.4 Å². The second-order valence-corrected chi connectivity index (χ2v) is 10.6. The molecular weight excluding hydrogens is 416 g/mol. The van der Waals surface area contributed by atoms with Crippen molar-refractivity contribution in [2.45, 2.75) is 29.0 Å². The summed E-state index contributed by atoms with van der Waals surface area (Å²) in [6, 6.07) is 6.83. The molecule has 28 heavy (non-hydrogen) atoms. The maximum Gasteiger partial charge on any atom is 0.243 e. The number of nitrogens with one attached hydrogen (secondary N) is 1. The second kappa shape index (κ2) is 9.17. The van der Waals surface area contributed by atoms with E-state index in [0.29, 0.717) is 36.0 Å². The van der Waals surface area contributed by atoms with Gasteiger partial charge >= 0.3 is 0 Å². The maximum atomic E-state index is 12.8. The van der Waals surface area contributed by atoms with Gasteiger partial charge in [-0.25, -0.2) is 8.42 Å². The fourth-order valence-electron chi connectivity index (χ4n) is 2.87. The van der Waals surface area contributed by atoms with Crippen LogP contribution in [-0.4, -0.2) is 47.7 Å². The van der Waals surface area contributed by atoms with Gasteiger partial charge in [-0.1, -0.05) is 46.9 Å². The minimum absolute atomic E-state index is 0.135. The molecule has 0 unspecified atom stereocenters. The molecule has 1 aromatic heterocycles. The number of amides is 1. The number of benzene rings is 1. The van der Waals surface area contributed by atoms with Crippen molar-refractivity contribution in [2.24, 2.45) is 5.92 Å². The minimum Gasteiger partial charge on any atom is -0.300 e. The molecule has 1 N–H and O–H groups in total. The molecule has 10 heteroatoms. The van der Waals surface area contributed by atoms with Gasteiger partial charge in [-0.3, -0.25) is 4.79 Å². The Morgan fingerprint density at radius 3 is 2.64 bits per heavy atom. The molecule has 0 bridgehead atoms. The van der Waals surface area contributed by atoms with Crippen LogP contribution in [0.4, 0.5) is 5.13 Å². The zero-order valence-corrected chi connectivity index (χ0v) is 17.9. The Morgan fingerprint density at radius 1 is 1.32 bits per heavy atom. The van der Waals surface area contributed by atoms with Gasteiger partial charge in [-0.05, 0) is 31.9 Å². The number of hydrogen-bond donors (Lipinski definition) is 1. The molecule has 7 nitrogen and oxygen atoms in total. The minimum atomic E-state index is -3.52. The lowest BCUT2D eigenvalue weighted by molar-refractivity contribution is -0.120. The van der Waals surface area contributed by atoms with E-state index in [1.807, 2.05) is 6.92 Å². The summed E-state index contributed by atoms with van der Waals surface area (Å²) in [5.41, 5.74) is 1.01. The first-order valence-electron chi connectivity index (χ1n) is 8.85. The van der Waals surface area contributed by atoms with E-state index < -0.39 is 10.0 Å². The molecule has 1 aliphatic rings. The molecule has 0 aliphatic carbocycles. The number of aromatic nitrogens is 2. The summed E-state index contributed by atoms with van der Waals surface area (Å²) in [7, 11) is -3.52. The SMILES string of the molecule is C=CCSc1nnc(NC(=O)C2CCN(S(=O)(=O)c3ccc(C)cc3)CC2)s1. The molecule has 1 saturated heterocycles. The number of hydrogen-bond acceptors (Lipinski definition) is 7. The van der Waals surface area contributed by atoms with Crippen LogP contribution in [0.15, 0.2) is 46.2 Å². The van der Waals surface area contributed by atoms with Gasteiger partial charge in [0, 0.05) is 24.8 Å². The van der Waals surface area contributed by atoms with Gasteiger partial charge in [-0.15, -0.1) is 16.8 Å². The van der Waals surface area contributed by atoms with Crippen LogP contribution in [0, 0.1) is 12.8 Å². The summed E-state index contributed by atoms with van der Waals surface area (Å²) in [6.07, 6.45) is 2.74. The predicted octanol–water partition coefficient (Wildman–Crippen LogP) is 3.16. The van der Waals surface area contributed by atoms with Crippen molar-refractivity contribution in [2.75, 3.05) is 24.2 Å². The molecular formula is C18H22N4O3S3. The highest BCUT2D eigenvalue weighted by molar-refractivity contribution is 8.01. The van der Waals surface area contributed by atoms with E-state index in [1.165, 1.54) is 27.4 Å². The average Bonchev–Trinajstić information content (AvgIpc) is 3.14. The summed E-state index contributed by atoms with van der Waals surface area (Å²) in [5, 5.41) is 11.3. The lowest BCUT2D eigenvalue weighted by Crippen LogP contribution is -2.41. The summed E-state index contributed by atoms with van der Waals surface area (Å²) >= 11 is 2.83. The highest BCUT2D eigenvalue weighted by Crippen LogP contribution is 2.28. The Kier molecular flexibility index (Phi) is 6.86. The molecule has 3 rings (SSSR count). The molecule has 150 valence electrons. The van der Waals surface area contributed by atoms with Crippen molar-refractivity contribution in [3.8, 4) is 0 Å². The Bertz CT molecular complexity index is 933. The smallest absolute Gasteiger partial charge is 0.243 e. The summed E-state index contributed by atoms with van der Waals surface area (Å²) in [6.45, 7) is 6.22. The van der Waals surface area contributed by atoms with Crippen LogP contribution in [0.2, 0.25) is 0 Å². The van der Waals surface area contributed by atoms with Crippen molar-refractivity contribution in [1.82, 2.24) is 14.5 Å². The number of sulfonamides is 1. The van der Waals surface area contributed by atoms with Gasteiger partial charge in [0.15, 0.2) is 4.34 Å². The third-order valence-corrected chi connectivity index (χ3v) is 8.33. The summed E-state index contributed by atoms with van der Waals surface area (Å²) in [5.74, 6) is 0.359. The number of aryl methyl sites for hydroxylation is 1. The van der Waals surface area contributed by atoms with Gasteiger partial charge in [0.05, 0.1) is 4.90 Å². The van der Waals surface area contributed by atoms with Gasteiger partial charge in [0.2, 0.25) is 21.1 Å². The van der Waals surface area contributed by atoms with Crippen molar-refractivity contribution < 1.29 is 13.2 Å². The number of nitrogens with zero attached hydrogens (tertiary/aromatic N) is 3. The predicted molar refractivity (Wildman–Crippen MR) is 112 cm³/mol. The average molecular weight is 439 g/mol. The fourth-order valence-corrected chi connectivity index (χ4v) is 5.86. The highest BCUT2D eigenvalue weighted by Gasteiger charge is 2.32.